The van der Waals surface area contributed by atoms with Crippen molar-refractivity contribution in [2.75, 3.05) is 26.2 Å². The van der Waals surface area contributed by atoms with E-state index >= 15 is 0 Å². The molecule has 0 radical (unpaired) electrons. The fourth-order valence-corrected chi connectivity index (χ4v) is 7.92. The molecular weight excluding hydrogens is 464 g/mol. The summed E-state index contributed by atoms with van der Waals surface area (Å²) in [6, 6.07) is -0.584. The summed E-state index contributed by atoms with van der Waals surface area (Å²) in [5.74, 6) is -1.80. The Morgan fingerprint density at radius 1 is 1.22 bits per heavy atom. The van der Waals surface area contributed by atoms with Crippen LogP contribution < -0.4 is 5.32 Å². The van der Waals surface area contributed by atoms with Crippen molar-refractivity contribution in [3.63, 3.8) is 0 Å². The van der Waals surface area contributed by atoms with E-state index in [0.717, 1.165) is 13.1 Å². The van der Waals surface area contributed by atoms with E-state index in [2.05, 4.69) is 11.9 Å². The molecule has 2 heterocycles. The Labute approximate surface area is 214 Å². The molecule has 0 bridgehead atoms. The zero-order chi connectivity index (χ0) is 26.9. The van der Waals surface area contributed by atoms with Crippen molar-refractivity contribution < 1.29 is 34.4 Å². The van der Waals surface area contributed by atoms with Crippen molar-refractivity contribution >= 4 is 11.8 Å². The van der Waals surface area contributed by atoms with Gasteiger partial charge in [-0.2, -0.15) is 0 Å². The average Bonchev–Trinajstić information content (AvgIpc) is 2.82. The monoisotopic (exact) mass is 508 g/mol. The van der Waals surface area contributed by atoms with E-state index in [4.69, 9.17) is 9.47 Å². The molecule has 9 atom stereocenters. The zero-order valence-electron chi connectivity index (χ0n) is 22.5. The maximum Gasteiger partial charge on any atom is 0.323 e. The molecule has 9 nitrogen and oxygen atoms in total. The maximum absolute atomic E-state index is 13.9. The molecule has 2 saturated carbocycles. The number of hydrogen-bond acceptors (Lipinski definition) is 9. The van der Waals surface area contributed by atoms with Gasteiger partial charge in [-0.3, -0.25) is 14.5 Å². The van der Waals surface area contributed by atoms with Gasteiger partial charge in [0.05, 0.1) is 17.8 Å². The molecule has 0 amide bonds. The van der Waals surface area contributed by atoms with Crippen LogP contribution in [0.3, 0.4) is 0 Å². The standard InChI is InChI=1S/C27H44N2O7/c1-8-24(5)15-18(31)27(34)25(6)17(30)9-10-23(3,4)20(25)19(32)21(26(27,7)36-24)35-22(33)16(2)29-13-11-28-12-14-29/h8,16-17,19-21,28,30,32,34H,1,9-15H2,2-7H3/t16?,17-,19-,20-,21-,24-,25-,26+,27-/m0/s1. The fourth-order valence-electron chi connectivity index (χ4n) is 7.92. The van der Waals surface area contributed by atoms with Crippen molar-refractivity contribution in [3.05, 3.63) is 12.7 Å². The highest BCUT2D eigenvalue weighted by Gasteiger charge is 2.81. The Bertz CT molecular complexity index is 920. The van der Waals surface area contributed by atoms with Gasteiger partial charge in [-0.05, 0) is 39.0 Å². The minimum absolute atomic E-state index is 0.147. The largest absolute Gasteiger partial charge is 0.455 e. The van der Waals surface area contributed by atoms with Crippen molar-refractivity contribution in [1.82, 2.24) is 10.2 Å². The number of carbonyl (C=O) groups excluding carboxylic acids is 2. The van der Waals surface area contributed by atoms with Crippen LogP contribution >= 0.6 is 0 Å². The summed E-state index contributed by atoms with van der Waals surface area (Å²) in [6.07, 6.45) is -1.40. The van der Waals surface area contributed by atoms with E-state index in [1.807, 2.05) is 18.7 Å². The lowest BCUT2D eigenvalue weighted by Crippen LogP contribution is -2.86. The first-order chi connectivity index (χ1) is 16.6. The molecule has 4 N–H and O–H groups in total. The molecule has 0 aromatic heterocycles. The van der Waals surface area contributed by atoms with Crippen LogP contribution in [0.15, 0.2) is 12.7 Å². The van der Waals surface area contributed by atoms with Crippen molar-refractivity contribution in [2.45, 2.75) is 102 Å². The lowest BCUT2D eigenvalue weighted by atomic mass is 9.40. The second kappa shape index (κ2) is 8.85. The lowest BCUT2D eigenvalue weighted by molar-refractivity contribution is -0.371. The Kier molecular flexibility index (Phi) is 6.80. The predicted octanol–water partition coefficient (Wildman–Crippen LogP) is 0.794. The van der Waals surface area contributed by atoms with Crippen molar-refractivity contribution in [1.29, 1.82) is 0 Å². The first-order valence-electron chi connectivity index (χ1n) is 13.2. The van der Waals surface area contributed by atoms with E-state index in [0.29, 0.717) is 25.9 Å². The molecule has 0 aromatic rings. The zero-order valence-corrected chi connectivity index (χ0v) is 22.5. The van der Waals surface area contributed by atoms with E-state index in [1.165, 1.54) is 13.0 Å². The van der Waals surface area contributed by atoms with Crippen molar-refractivity contribution in [2.24, 2.45) is 16.7 Å². The number of hydrogen-bond donors (Lipinski definition) is 4. The minimum Gasteiger partial charge on any atom is -0.455 e. The highest BCUT2D eigenvalue weighted by atomic mass is 16.6. The molecule has 1 unspecified atom stereocenters. The van der Waals surface area contributed by atoms with E-state index in [-0.39, 0.29) is 6.42 Å². The number of nitrogens with one attached hydrogen (secondary N) is 1. The minimum atomic E-state index is -2.22. The average molecular weight is 509 g/mol. The molecule has 9 heteroatoms. The van der Waals surface area contributed by atoms with Gasteiger partial charge in [0.2, 0.25) is 0 Å². The summed E-state index contributed by atoms with van der Waals surface area (Å²) >= 11 is 0. The molecule has 4 aliphatic rings. The molecule has 36 heavy (non-hydrogen) atoms. The van der Waals surface area contributed by atoms with Crippen molar-refractivity contribution in [3.8, 4) is 0 Å². The van der Waals surface area contributed by atoms with Crippen LogP contribution in [0.25, 0.3) is 0 Å². The number of ether oxygens (including phenoxy) is 2. The Hall–Kier alpha value is -1.36. The second-order valence-corrected chi connectivity index (χ2v) is 12.6. The van der Waals surface area contributed by atoms with Gasteiger partial charge in [-0.15, -0.1) is 6.58 Å². The fraction of sp³-hybridized carbons (Fsp3) is 0.852. The first kappa shape index (κ1) is 27.7. The number of fused-ring (bicyclic) bond motifs is 3. The van der Waals surface area contributed by atoms with Gasteiger partial charge in [0.15, 0.2) is 17.5 Å². The molecule has 0 spiro atoms. The van der Waals surface area contributed by atoms with Gasteiger partial charge >= 0.3 is 5.97 Å². The highest BCUT2D eigenvalue weighted by Crippen LogP contribution is 2.67. The number of ketones is 1. The van der Waals surface area contributed by atoms with E-state index in [1.54, 1.807) is 20.8 Å². The Balaban J connectivity index is 1.83. The van der Waals surface area contributed by atoms with Gasteiger partial charge in [-0.25, -0.2) is 0 Å². The molecular formula is C27H44N2O7. The third-order valence-electron chi connectivity index (χ3n) is 10.0. The molecule has 2 saturated heterocycles. The van der Waals surface area contributed by atoms with Crippen LogP contribution in [0.1, 0.15) is 60.8 Å². The third-order valence-corrected chi connectivity index (χ3v) is 10.0. The molecule has 4 rings (SSSR count). The SMILES string of the molecule is C=C[C@@]1(C)CC(=O)[C@]2(O)[C@@]3(C)[C@@H](O)CCC(C)(C)[C@@H]3[C@H](O)[C@H](OC(=O)C(C)N3CCNCC3)[C@@]2(C)O1. The number of rotatable bonds is 4. The molecule has 2 aliphatic heterocycles. The summed E-state index contributed by atoms with van der Waals surface area (Å²) in [7, 11) is 0. The Morgan fingerprint density at radius 3 is 2.42 bits per heavy atom. The smallest absolute Gasteiger partial charge is 0.323 e. The normalized spacial score (nSPS) is 47.9. The van der Waals surface area contributed by atoms with Crippen LogP contribution in [0, 0.1) is 16.7 Å². The number of Topliss-reactive ketones (excluding diaryl/α,β-unsaturated/α-hetero) is 1. The highest BCUT2D eigenvalue weighted by molar-refractivity contribution is 5.92. The third kappa shape index (κ3) is 3.65. The molecule has 2 aliphatic carbocycles. The number of nitrogens with zero attached hydrogens (tertiary/aromatic N) is 1. The summed E-state index contributed by atoms with van der Waals surface area (Å²) in [5.41, 5.74) is -7.19. The van der Waals surface area contributed by atoms with Crippen LogP contribution in [-0.2, 0) is 19.1 Å². The van der Waals surface area contributed by atoms with E-state index < -0.39 is 69.7 Å². The summed E-state index contributed by atoms with van der Waals surface area (Å²) in [4.78, 5) is 29.4. The number of aliphatic hydroxyl groups excluding tert-OH is 2. The predicted molar refractivity (Wildman–Crippen MR) is 133 cm³/mol. The van der Waals surface area contributed by atoms with Crippen LogP contribution in [0.4, 0.5) is 0 Å². The summed E-state index contributed by atoms with van der Waals surface area (Å²) in [5, 5.41) is 39.0. The number of carbonyl (C=O) groups is 2. The molecule has 204 valence electrons. The van der Waals surface area contributed by atoms with E-state index in [9.17, 15) is 24.9 Å². The lowest BCUT2D eigenvalue weighted by Gasteiger charge is -2.71. The van der Waals surface area contributed by atoms with Gasteiger partial charge < -0.3 is 30.1 Å². The van der Waals surface area contributed by atoms with Crippen LogP contribution in [-0.4, -0.2) is 99.3 Å². The number of piperazine rings is 1. The topological polar surface area (TPSA) is 129 Å². The van der Waals surface area contributed by atoms with Gasteiger partial charge in [0.1, 0.15) is 11.6 Å². The first-order valence-corrected chi connectivity index (χ1v) is 13.2. The second-order valence-electron chi connectivity index (χ2n) is 12.6. The maximum atomic E-state index is 13.9. The molecule has 4 fully saturated rings. The van der Waals surface area contributed by atoms with Crippen LogP contribution in [0.5, 0.6) is 0 Å². The van der Waals surface area contributed by atoms with Gasteiger partial charge in [-0.1, -0.05) is 26.8 Å². The number of aliphatic hydroxyl groups is 3. The van der Waals surface area contributed by atoms with Crippen LogP contribution in [0.2, 0.25) is 0 Å². The van der Waals surface area contributed by atoms with Gasteiger partial charge in [0, 0.05) is 43.9 Å². The van der Waals surface area contributed by atoms with Gasteiger partial charge in [0.25, 0.3) is 0 Å². The molecule has 0 aromatic carbocycles. The number of esters is 1. The summed E-state index contributed by atoms with van der Waals surface area (Å²) in [6.45, 7) is 17.2. The Morgan fingerprint density at radius 2 is 1.83 bits per heavy atom. The quantitative estimate of drug-likeness (QED) is 0.322. The summed E-state index contributed by atoms with van der Waals surface area (Å²) < 4.78 is 12.5.